The minimum Gasteiger partial charge on any atom is -0.399 e. The summed E-state index contributed by atoms with van der Waals surface area (Å²) in [7, 11) is 0. The van der Waals surface area contributed by atoms with Gasteiger partial charge in [0.15, 0.2) is 0 Å². The van der Waals surface area contributed by atoms with Crippen molar-refractivity contribution >= 4 is 23.2 Å². The van der Waals surface area contributed by atoms with Crippen molar-refractivity contribution in [1.29, 1.82) is 0 Å². The van der Waals surface area contributed by atoms with Crippen LogP contribution in [0.3, 0.4) is 0 Å². The van der Waals surface area contributed by atoms with E-state index in [0.29, 0.717) is 16.3 Å². The Bertz CT molecular complexity index is 620. The lowest BCUT2D eigenvalue weighted by Crippen LogP contribution is -2.26. The predicted molar refractivity (Wildman–Crippen MR) is 82.9 cm³/mol. The van der Waals surface area contributed by atoms with E-state index in [1.165, 1.54) is 0 Å². The first-order valence-electron chi connectivity index (χ1n) is 6.39. The number of anilines is 1. The highest BCUT2D eigenvalue weighted by Gasteiger charge is 2.12. The number of hydrogen-bond acceptors (Lipinski definition) is 2. The summed E-state index contributed by atoms with van der Waals surface area (Å²) < 4.78 is 0. The molecule has 1 amide bonds. The molecule has 0 aromatic heterocycles. The van der Waals surface area contributed by atoms with Crippen LogP contribution in [0, 0.1) is 6.92 Å². The fraction of sp³-hybridized carbons (Fsp3) is 0.188. The molecule has 0 saturated carbocycles. The van der Waals surface area contributed by atoms with Gasteiger partial charge in [-0.25, -0.2) is 0 Å². The summed E-state index contributed by atoms with van der Waals surface area (Å²) in [5.41, 5.74) is 8.87. The first kappa shape index (κ1) is 14.4. The number of hydrogen-bond donors (Lipinski definition) is 2. The maximum Gasteiger partial charge on any atom is 0.251 e. The van der Waals surface area contributed by atoms with Crippen molar-refractivity contribution in [2.24, 2.45) is 0 Å². The van der Waals surface area contributed by atoms with Gasteiger partial charge in [-0.1, -0.05) is 41.4 Å². The van der Waals surface area contributed by atoms with Crippen molar-refractivity contribution in [3.05, 3.63) is 64.2 Å². The minimum atomic E-state index is -0.187. The number of nitrogen functional groups attached to an aromatic ring is 1. The van der Waals surface area contributed by atoms with E-state index in [2.05, 4.69) is 11.4 Å². The van der Waals surface area contributed by atoms with Gasteiger partial charge in [0, 0.05) is 16.3 Å². The molecule has 0 unspecified atom stereocenters. The molecule has 0 radical (unpaired) electrons. The van der Waals surface area contributed by atoms with E-state index in [4.69, 9.17) is 17.3 Å². The summed E-state index contributed by atoms with van der Waals surface area (Å²) >= 11 is 5.91. The third kappa shape index (κ3) is 3.52. The Labute approximate surface area is 123 Å². The zero-order valence-corrected chi connectivity index (χ0v) is 12.2. The number of aryl methyl sites for hydroxylation is 1. The molecule has 0 fully saturated rings. The Hall–Kier alpha value is -2.00. The van der Waals surface area contributed by atoms with Gasteiger partial charge >= 0.3 is 0 Å². The highest BCUT2D eigenvalue weighted by Crippen LogP contribution is 2.18. The van der Waals surface area contributed by atoms with Crippen molar-refractivity contribution < 1.29 is 4.79 Å². The van der Waals surface area contributed by atoms with Gasteiger partial charge in [-0.15, -0.1) is 0 Å². The van der Waals surface area contributed by atoms with E-state index in [1.54, 1.807) is 18.2 Å². The van der Waals surface area contributed by atoms with Crippen LogP contribution >= 0.6 is 11.6 Å². The van der Waals surface area contributed by atoms with Crippen molar-refractivity contribution in [1.82, 2.24) is 5.32 Å². The molecule has 2 rings (SSSR count). The molecule has 3 nitrogen and oxygen atoms in total. The van der Waals surface area contributed by atoms with Crippen LogP contribution in [0.15, 0.2) is 42.5 Å². The van der Waals surface area contributed by atoms with Crippen molar-refractivity contribution in [2.75, 3.05) is 5.73 Å². The van der Waals surface area contributed by atoms with Crippen LogP contribution in [0.1, 0.15) is 34.5 Å². The molecule has 104 valence electrons. The molecule has 0 aliphatic rings. The summed E-state index contributed by atoms with van der Waals surface area (Å²) in [6.07, 6.45) is 0. The topological polar surface area (TPSA) is 55.1 Å². The second-order valence-electron chi connectivity index (χ2n) is 4.88. The first-order valence-corrected chi connectivity index (χ1v) is 6.77. The predicted octanol–water partition coefficient (Wildman–Crippen LogP) is 3.72. The van der Waals surface area contributed by atoms with Crippen molar-refractivity contribution in [3.8, 4) is 0 Å². The van der Waals surface area contributed by atoms with Crippen LogP contribution < -0.4 is 11.1 Å². The molecular weight excluding hydrogens is 272 g/mol. The third-order valence-corrected chi connectivity index (χ3v) is 3.29. The highest BCUT2D eigenvalue weighted by atomic mass is 35.5. The Balaban J connectivity index is 2.15. The second kappa shape index (κ2) is 5.97. The zero-order chi connectivity index (χ0) is 14.7. The fourth-order valence-corrected chi connectivity index (χ4v) is 2.29. The molecule has 0 spiro atoms. The zero-order valence-electron chi connectivity index (χ0n) is 11.5. The smallest absolute Gasteiger partial charge is 0.251 e. The van der Waals surface area contributed by atoms with Gasteiger partial charge in [0.25, 0.3) is 5.91 Å². The third-order valence-electron chi connectivity index (χ3n) is 3.07. The lowest BCUT2D eigenvalue weighted by Gasteiger charge is -2.15. The molecule has 1 atom stereocenters. The van der Waals surface area contributed by atoms with Gasteiger partial charge in [-0.3, -0.25) is 4.79 Å². The van der Waals surface area contributed by atoms with Crippen LogP contribution in [0.25, 0.3) is 0 Å². The molecule has 0 heterocycles. The summed E-state index contributed by atoms with van der Waals surface area (Å²) in [5, 5.41) is 3.40. The lowest BCUT2D eigenvalue weighted by molar-refractivity contribution is 0.0940. The standard InChI is InChI=1S/C16H17ClN2O/c1-10-4-3-5-12(6-10)11(2)19-16(20)13-7-14(17)9-15(18)8-13/h3-9,11H,18H2,1-2H3,(H,19,20)/t11-/m0/s1. The van der Waals surface area contributed by atoms with Gasteiger partial charge in [0.2, 0.25) is 0 Å². The maximum absolute atomic E-state index is 12.2. The maximum atomic E-state index is 12.2. The summed E-state index contributed by atoms with van der Waals surface area (Å²) in [6, 6.07) is 12.8. The molecule has 2 aromatic carbocycles. The van der Waals surface area contributed by atoms with Crippen LogP contribution in [0.4, 0.5) is 5.69 Å². The van der Waals surface area contributed by atoms with Gasteiger partial charge in [0.1, 0.15) is 0 Å². The summed E-state index contributed by atoms with van der Waals surface area (Å²) in [5.74, 6) is -0.187. The summed E-state index contributed by atoms with van der Waals surface area (Å²) in [4.78, 5) is 12.2. The number of nitrogens with one attached hydrogen (secondary N) is 1. The Morgan fingerprint density at radius 3 is 2.65 bits per heavy atom. The normalized spacial score (nSPS) is 11.9. The minimum absolute atomic E-state index is 0.0809. The van der Waals surface area contributed by atoms with Crippen LogP contribution in [-0.4, -0.2) is 5.91 Å². The number of rotatable bonds is 3. The lowest BCUT2D eigenvalue weighted by atomic mass is 10.1. The van der Waals surface area contributed by atoms with Crippen LogP contribution in [0.5, 0.6) is 0 Å². The quantitative estimate of drug-likeness (QED) is 0.846. The SMILES string of the molecule is Cc1cccc([C@H](C)NC(=O)c2cc(N)cc(Cl)c2)c1. The van der Waals surface area contributed by atoms with Gasteiger partial charge in [0.05, 0.1) is 6.04 Å². The average molecular weight is 289 g/mol. The van der Waals surface area contributed by atoms with Crippen molar-refractivity contribution in [3.63, 3.8) is 0 Å². The fourth-order valence-electron chi connectivity index (χ4n) is 2.05. The second-order valence-corrected chi connectivity index (χ2v) is 5.32. The number of carbonyl (C=O) groups is 1. The molecule has 20 heavy (non-hydrogen) atoms. The first-order chi connectivity index (χ1) is 9.45. The van der Waals surface area contributed by atoms with E-state index in [9.17, 15) is 4.79 Å². The Kier molecular flexibility index (Phi) is 4.30. The summed E-state index contributed by atoms with van der Waals surface area (Å²) in [6.45, 7) is 3.97. The van der Waals surface area contributed by atoms with Gasteiger partial charge in [-0.05, 0) is 37.6 Å². The molecule has 0 aliphatic carbocycles. The molecule has 4 heteroatoms. The molecular formula is C16H17ClN2O. The molecule has 3 N–H and O–H groups in total. The van der Waals surface area contributed by atoms with Gasteiger partial charge < -0.3 is 11.1 Å². The molecule has 0 bridgehead atoms. The number of halogens is 1. The number of benzene rings is 2. The Morgan fingerprint density at radius 2 is 2.00 bits per heavy atom. The van der Waals surface area contributed by atoms with Gasteiger partial charge in [-0.2, -0.15) is 0 Å². The molecule has 0 aliphatic heterocycles. The molecule has 2 aromatic rings. The average Bonchev–Trinajstić information content (AvgIpc) is 2.37. The van der Waals surface area contributed by atoms with E-state index >= 15 is 0 Å². The van der Waals surface area contributed by atoms with E-state index in [1.807, 2.05) is 32.0 Å². The largest absolute Gasteiger partial charge is 0.399 e. The van der Waals surface area contributed by atoms with E-state index in [-0.39, 0.29) is 11.9 Å². The van der Waals surface area contributed by atoms with Crippen LogP contribution in [0.2, 0.25) is 5.02 Å². The molecule has 0 saturated heterocycles. The number of nitrogens with two attached hydrogens (primary N) is 1. The number of amides is 1. The monoisotopic (exact) mass is 288 g/mol. The highest BCUT2D eigenvalue weighted by molar-refractivity contribution is 6.31. The van der Waals surface area contributed by atoms with E-state index < -0.39 is 0 Å². The van der Waals surface area contributed by atoms with E-state index in [0.717, 1.165) is 11.1 Å². The van der Waals surface area contributed by atoms with Crippen molar-refractivity contribution in [2.45, 2.75) is 19.9 Å². The Morgan fingerprint density at radius 1 is 1.25 bits per heavy atom. The number of carbonyl (C=O) groups excluding carboxylic acids is 1. The van der Waals surface area contributed by atoms with Crippen LogP contribution in [-0.2, 0) is 0 Å².